The van der Waals surface area contributed by atoms with Gasteiger partial charge in [0.2, 0.25) is 0 Å². The third-order valence-corrected chi connectivity index (χ3v) is 6.52. The lowest BCUT2D eigenvalue weighted by Crippen LogP contribution is -2.46. The number of nitrogens with zero attached hydrogens (tertiary/aromatic N) is 1. The maximum Gasteiger partial charge on any atom is 0.471 e. The van der Waals surface area contributed by atoms with Crippen LogP contribution in [0.25, 0.3) is 0 Å². The highest BCUT2D eigenvalue weighted by Crippen LogP contribution is 2.32. The normalized spacial score (nSPS) is 18.9. The van der Waals surface area contributed by atoms with Crippen molar-refractivity contribution < 1.29 is 27.5 Å². The van der Waals surface area contributed by atoms with Crippen molar-refractivity contribution in [1.82, 2.24) is 10.2 Å². The van der Waals surface area contributed by atoms with Crippen molar-refractivity contribution in [3.05, 3.63) is 22.7 Å². The fourth-order valence-electron chi connectivity index (χ4n) is 4.45. The first kappa shape index (κ1) is 24.6. The Labute approximate surface area is 190 Å². The lowest BCUT2D eigenvalue weighted by molar-refractivity contribution is -0.167. The van der Waals surface area contributed by atoms with Gasteiger partial charge < -0.3 is 20.3 Å². The molecule has 10 heteroatoms. The Hall–Kier alpha value is -2.00. The number of benzene rings is 1. The van der Waals surface area contributed by atoms with Gasteiger partial charge in [-0.1, -0.05) is 30.9 Å². The Morgan fingerprint density at radius 3 is 2.38 bits per heavy atom. The number of rotatable bonds is 6. The first-order valence-electron chi connectivity index (χ1n) is 11.0. The summed E-state index contributed by atoms with van der Waals surface area (Å²) in [5.74, 6) is -1.77. The molecular formula is C22H29ClF3N3O3. The Morgan fingerprint density at radius 1 is 1.12 bits per heavy atom. The molecule has 3 rings (SSSR count). The van der Waals surface area contributed by atoms with Crippen LogP contribution in [-0.2, 0) is 4.79 Å². The zero-order valence-corrected chi connectivity index (χ0v) is 18.8. The summed E-state index contributed by atoms with van der Waals surface area (Å²) in [6.45, 7) is 2.96. The number of hydrogen-bond acceptors (Lipinski definition) is 4. The van der Waals surface area contributed by atoms with Crippen molar-refractivity contribution in [2.75, 3.05) is 32.1 Å². The van der Waals surface area contributed by atoms with Crippen molar-refractivity contribution in [3.8, 4) is 5.75 Å². The predicted molar refractivity (Wildman–Crippen MR) is 116 cm³/mol. The second-order valence-corrected chi connectivity index (χ2v) is 8.94. The number of halogens is 4. The zero-order chi connectivity index (χ0) is 23.3. The molecule has 0 aromatic heterocycles. The molecule has 178 valence electrons. The molecule has 0 spiro atoms. The second-order valence-electron chi connectivity index (χ2n) is 8.54. The molecule has 1 aromatic rings. The van der Waals surface area contributed by atoms with Gasteiger partial charge in [-0.3, -0.25) is 9.59 Å². The lowest BCUT2D eigenvalue weighted by Gasteiger charge is -2.35. The lowest BCUT2D eigenvalue weighted by atomic mass is 9.88. The topological polar surface area (TPSA) is 70.7 Å². The highest BCUT2D eigenvalue weighted by molar-refractivity contribution is 6.34. The van der Waals surface area contributed by atoms with Crippen LogP contribution >= 0.6 is 11.6 Å². The molecule has 2 amide bonds. The molecular weight excluding hydrogens is 447 g/mol. The summed E-state index contributed by atoms with van der Waals surface area (Å²) < 4.78 is 42.7. The van der Waals surface area contributed by atoms with Crippen molar-refractivity contribution in [3.63, 3.8) is 0 Å². The van der Waals surface area contributed by atoms with Gasteiger partial charge in [0.15, 0.2) is 0 Å². The molecule has 1 aromatic carbocycles. The molecule has 2 fully saturated rings. The van der Waals surface area contributed by atoms with E-state index in [9.17, 15) is 22.8 Å². The maximum absolute atomic E-state index is 12.8. The molecule has 1 saturated heterocycles. The van der Waals surface area contributed by atoms with Crippen LogP contribution in [0.3, 0.4) is 0 Å². The van der Waals surface area contributed by atoms with Crippen LogP contribution in [-0.4, -0.2) is 55.7 Å². The Bertz CT molecular complexity index is 821. The van der Waals surface area contributed by atoms with Crippen LogP contribution in [0.4, 0.5) is 18.9 Å². The molecule has 1 aliphatic carbocycles. The zero-order valence-electron chi connectivity index (χ0n) is 18.1. The van der Waals surface area contributed by atoms with Crippen molar-refractivity contribution in [1.29, 1.82) is 0 Å². The van der Waals surface area contributed by atoms with Gasteiger partial charge in [-0.05, 0) is 37.7 Å². The van der Waals surface area contributed by atoms with E-state index >= 15 is 0 Å². The van der Waals surface area contributed by atoms with Crippen LogP contribution in [0, 0.1) is 5.92 Å². The Balaban J connectivity index is 1.57. The van der Waals surface area contributed by atoms with Gasteiger partial charge in [-0.2, -0.15) is 13.2 Å². The molecule has 6 nitrogen and oxygen atoms in total. The summed E-state index contributed by atoms with van der Waals surface area (Å²) in [5.41, 5.74) is -0.175. The van der Waals surface area contributed by atoms with Crippen molar-refractivity contribution in [2.45, 2.75) is 57.2 Å². The Kier molecular flexibility index (Phi) is 8.27. The van der Waals surface area contributed by atoms with Crippen molar-refractivity contribution in [2.24, 2.45) is 5.92 Å². The number of nitrogens with one attached hydrogen (secondary N) is 2. The van der Waals surface area contributed by atoms with Crippen LogP contribution in [0.15, 0.2) is 12.1 Å². The second kappa shape index (κ2) is 10.7. The summed E-state index contributed by atoms with van der Waals surface area (Å²) >= 11 is 6.03. The van der Waals surface area contributed by atoms with Gasteiger partial charge >= 0.3 is 12.1 Å². The summed E-state index contributed by atoms with van der Waals surface area (Å²) in [7, 11) is 1.29. The minimum Gasteiger partial charge on any atom is -0.496 e. The summed E-state index contributed by atoms with van der Waals surface area (Å²) in [4.78, 5) is 26.5. The third kappa shape index (κ3) is 6.51. The van der Waals surface area contributed by atoms with E-state index in [1.54, 1.807) is 5.32 Å². The largest absolute Gasteiger partial charge is 0.496 e. The molecule has 1 saturated carbocycles. The van der Waals surface area contributed by atoms with Crippen LogP contribution < -0.4 is 15.4 Å². The van der Waals surface area contributed by atoms with Crippen LogP contribution in [0.1, 0.15) is 55.3 Å². The molecule has 0 unspecified atom stereocenters. The smallest absolute Gasteiger partial charge is 0.471 e. The number of amides is 2. The summed E-state index contributed by atoms with van der Waals surface area (Å²) in [6, 6.07) is 2.33. The van der Waals surface area contributed by atoms with Crippen molar-refractivity contribution >= 4 is 29.1 Å². The molecule has 0 atom stereocenters. The average molecular weight is 476 g/mol. The van der Waals surface area contributed by atoms with E-state index in [1.165, 1.54) is 45.3 Å². The SMILES string of the molecule is COc1cc(NC(=O)C(F)(F)F)c(Cl)cc1C(=O)NC1CCN(CC2CCCCC2)CC1. The highest BCUT2D eigenvalue weighted by atomic mass is 35.5. The number of carbonyl (C=O) groups excluding carboxylic acids is 2. The number of carbonyl (C=O) groups is 2. The first-order chi connectivity index (χ1) is 15.2. The van der Waals surface area contributed by atoms with E-state index in [0.717, 1.165) is 44.5 Å². The molecule has 32 heavy (non-hydrogen) atoms. The molecule has 2 aliphatic rings. The number of ether oxygens (including phenoxy) is 1. The van der Waals surface area contributed by atoms with Crippen LogP contribution in [0.5, 0.6) is 5.75 Å². The molecule has 2 N–H and O–H groups in total. The minimum atomic E-state index is -5.06. The molecule has 1 heterocycles. The predicted octanol–water partition coefficient (Wildman–Crippen LogP) is 4.62. The number of piperidine rings is 1. The van der Waals surface area contributed by atoms with E-state index in [0.29, 0.717) is 0 Å². The van der Waals surface area contributed by atoms with Gasteiger partial charge in [0.25, 0.3) is 5.91 Å². The standard InChI is InChI=1S/C22H29ClF3N3O3/c1-32-19-12-18(28-21(31)22(24,25)26)17(23)11-16(19)20(30)27-15-7-9-29(10-8-15)13-14-5-3-2-4-6-14/h11-12,14-15H,2-10,13H2,1H3,(H,27,30)(H,28,31). The van der Waals surface area contributed by atoms with Gasteiger partial charge in [0.1, 0.15) is 5.75 Å². The monoisotopic (exact) mass is 475 g/mol. The number of anilines is 1. The molecule has 0 radical (unpaired) electrons. The van der Waals surface area contributed by atoms with E-state index in [2.05, 4.69) is 10.2 Å². The fourth-order valence-corrected chi connectivity index (χ4v) is 4.66. The number of hydrogen-bond donors (Lipinski definition) is 2. The van der Waals surface area contributed by atoms with Crippen LogP contribution in [0.2, 0.25) is 5.02 Å². The number of methoxy groups -OCH3 is 1. The minimum absolute atomic E-state index is 0.00167. The highest BCUT2D eigenvalue weighted by Gasteiger charge is 2.39. The number of likely N-dealkylation sites (tertiary alicyclic amines) is 1. The Morgan fingerprint density at radius 2 is 1.78 bits per heavy atom. The maximum atomic E-state index is 12.8. The first-order valence-corrected chi connectivity index (χ1v) is 11.3. The van der Waals surface area contributed by atoms with E-state index in [4.69, 9.17) is 16.3 Å². The number of alkyl halides is 3. The van der Waals surface area contributed by atoms with E-state index < -0.39 is 18.0 Å². The quantitative estimate of drug-likeness (QED) is 0.629. The third-order valence-electron chi connectivity index (χ3n) is 6.20. The van der Waals surface area contributed by atoms with Gasteiger partial charge in [-0.15, -0.1) is 0 Å². The molecule has 0 bridgehead atoms. The van der Waals surface area contributed by atoms with Gasteiger partial charge in [-0.25, -0.2) is 0 Å². The van der Waals surface area contributed by atoms with E-state index in [1.807, 2.05) is 0 Å². The van der Waals surface area contributed by atoms with Gasteiger partial charge in [0.05, 0.1) is 23.4 Å². The average Bonchev–Trinajstić information content (AvgIpc) is 2.76. The summed E-state index contributed by atoms with van der Waals surface area (Å²) in [6.07, 6.45) is 3.18. The molecule has 1 aliphatic heterocycles. The fraction of sp³-hybridized carbons (Fsp3) is 0.636. The van der Waals surface area contributed by atoms with Gasteiger partial charge in [0, 0.05) is 31.7 Å². The van der Waals surface area contributed by atoms with E-state index in [-0.39, 0.29) is 28.1 Å². The summed E-state index contributed by atoms with van der Waals surface area (Å²) in [5, 5.41) is 4.49.